The van der Waals surface area contributed by atoms with Crippen LogP contribution in [-0.4, -0.2) is 0 Å². The molecule has 3 aromatic rings. The van der Waals surface area contributed by atoms with Crippen molar-refractivity contribution in [2.24, 2.45) is 0 Å². The molecule has 0 aromatic heterocycles. The number of halogens is 2. The van der Waals surface area contributed by atoms with Crippen molar-refractivity contribution in [1.82, 2.24) is 0 Å². The van der Waals surface area contributed by atoms with Gasteiger partial charge < -0.3 is 0 Å². The van der Waals surface area contributed by atoms with Gasteiger partial charge in [0.15, 0.2) is 0 Å². The second-order valence-corrected chi connectivity index (χ2v) is 7.73. The molecule has 0 saturated carbocycles. The van der Waals surface area contributed by atoms with Gasteiger partial charge in [0, 0.05) is 17.5 Å². The summed E-state index contributed by atoms with van der Waals surface area (Å²) in [5, 5.41) is 8.96. The molecule has 0 heterocycles. The monoisotopic (exact) mass is 387 g/mol. The summed E-state index contributed by atoms with van der Waals surface area (Å²) in [6.45, 7) is 2.12. The van der Waals surface area contributed by atoms with Gasteiger partial charge in [0.2, 0.25) is 0 Å². The third-order valence-corrected chi connectivity index (χ3v) is 5.80. The zero-order valence-corrected chi connectivity index (χ0v) is 16.6. The maximum atomic E-state index is 15.1. The second kappa shape index (κ2) is 8.17. The number of hydrogen-bond acceptors (Lipinski definition) is 1. The zero-order chi connectivity index (χ0) is 20.4. The average molecular weight is 387 g/mol. The molecule has 0 N–H and O–H groups in total. The molecule has 0 radical (unpaired) electrons. The normalized spacial score (nSPS) is 11.8. The van der Waals surface area contributed by atoms with Crippen molar-refractivity contribution in [3.05, 3.63) is 82.4 Å². The Morgan fingerprint density at radius 2 is 1.66 bits per heavy atom. The predicted octanol–water partition coefficient (Wildman–Crippen LogP) is 7.20. The standard InChI is InChI=1S/C26H23F2N/c1-2-3-4-5-6-22-25(27)15-23-21-12-11-19(13-20(21)14-24(23)26(22)28)18-9-7-17(16-29)8-10-18/h7-13,15H,2-6,14H2,1H3. The zero-order valence-electron chi connectivity index (χ0n) is 16.6. The Hall–Kier alpha value is -2.99. The Kier molecular flexibility index (Phi) is 5.45. The fourth-order valence-corrected chi connectivity index (χ4v) is 4.19. The number of rotatable bonds is 6. The van der Waals surface area contributed by atoms with E-state index in [9.17, 15) is 4.39 Å². The molecule has 29 heavy (non-hydrogen) atoms. The van der Waals surface area contributed by atoms with E-state index in [0.29, 0.717) is 29.5 Å². The van der Waals surface area contributed by atoms with Crippen LogP contribution in [0.3, 0.4) is 0 Å². The molecule has 1 aliphatic carbocycles. The number of unbranched alkanes of at least 4 members (excludes halogenated alkanes) is 3. The smallest absolute Gasteiger partial charge is 0.133 e. The Labute approximate surface area is 170 Å². The van der Waals surface area contributed by atoms with Gasteiger partial charge in [-0.05, 0) is 58.9 Å². The molecular weight excluding hydrogens is 364 g/mol. The van der Waals surface area contributed by atoms with E-state index in [1.165, 1.54) is 6.07 Å². The molecule has 0 atom stereocenters. The third-order valence-electron chi connectivity index (χ3n) is 5.80. The summed E-state index contributed by atoms with van der Waals surface area (Å²) < 4.78 is 29.8. The lowest BCUT2D eigenvalue weighted by atomic mass is 9.97. The molecule has 0 aliphatic heterocycles. The summed E-state index contributed by atoms with van der Waals surface area (Å²) in [5.41, 5.74) is 6.10. The first-order valence-corrected chi connectivity index (χ1v) is 10.3. The minimum atomic E-state index is -0.429. The minimum absolute atomic E-state index is 0.236. The minimum Gasteiger partial charge on any atom is -0.207 e. The molecule has 0 fully saturated rings. The molecule has 0 unspecified atom stereocenters. The number of nitrogens with zero attached hydrogens (tertiary/aromatic N) is 1. The SMILES string of the molecule is CCCCCCc1c(F)cc2c(c1F)Cc1cc(-c3ccc(C#N)cc3)ccc1-2. The van der Waals surface area contributed by atoms with E-state index in [4.69, 9.17) is 5.26 Å². The Morgan fingerprint density at radius 1 is 0.897 bits per heavy atom. The van der Waals surface area contributed by atoms with Crippen molar-refractivity contribution in [3.8, 4) is 28.3 Å². The van der Waals surface area contributed by atoms with Crippen LogP contribution in [0, 0.1) is 23.0 Å². The van der Waals surface area contributed by atoms with Gasteiger partial charge in [-0.3, -0.25) is 0 Å². The van der Waals surface area contributed by atoms with Gasteiger partial charge in [0.1, 0.15) is 11.6 Å². The van der Waals surface area contributed by atoms with Gasteiger partial charge in [-0.1, -0.05) is 56.5 Å². The fraction of sp³-hybridized carbons (Fsp3) is 0.269. The molecule has 1 nitrogen and oxygen atoms in total. The highest BCUT2D eigenvalue weighted by molar-refractivity contribution is 5.81. The summed E-state index contributed by atoms with van der Waals surface area (Å²) in [7, 11) is 0. The second-order valence-electron chi connectivity index (χ2n) is 7.73. The molecule has 0 saturated heterocycles. The first-order valence-electron chi connectivity index (χ1n) is 10.3. The fourth-order valence-electron chi connectivity index (χ4n) is 4.19. The van der Waals surface area contributed by atoms with Crippen LogP contribution in [0.5, 0.6) is 0 Å². The van der Waals surface area contributed by atoms with Gasteiger partial charge in [-0.15, -0.1) is 0 Å². The van der Waals surface area contributed by atoms with Gasteiger partial charge in [0.25, 0.3) is 0 Å². The van der Waals surface area contributed by atoms with Crippen LogP contribution in [0.15, 0.2) is 48.5 Å². The van der Waals surface area contributed by atoms with Crippen molar-refractivity contribution in [3.63, 3.8) is 0 Å². The lowest BCUT2D eigenvalue weighted by Gasteiger charge is -2.10. The van der Waals surface area contributed by atoms with E-state index < -0.39 is 5.82 Å². The van der Waals surface area contributed by atoms with Crippen molar-refractivity contribution < 1.29 is 8.78 Å². The van der Waals surface area contributed by atoms with Crippen LogP contribution >= 0.6 is 0 Å². The predicted molar refractivity (Wildman–Crippen MR) is 113 cm³/mol. The van der Waals surface area contributed by atoms with Crippen LogP contribution in [0.25, 0.3) is 22.3 Å². The Bertz CT molecular complexity index is 1090. The summed E-state index contributed by atoms with van der Waals surface area (Å²) in [4.78, 5) is 0. The van der Waals surface area contributed by atoms with Crippen LogP contribution in [0.1, 0.15) is 54.9 Å². The highest BCUT2D eigenvalue weighted by atomic mass is 19.1. The van der Waals surface area contributed by atoms with Crippen LogP contribution < -0.4 is 0 Å². The quantitative estimate of drug-likeness (QED) is 0.321. The molecule has 3 heteroatoms. The number of hydrogen-bond donors (Lipinski definition) is 0. The lowest BCUT2D eigenvalue weighted by molar-refractivity contribution is 0.538. The summed E-state index contributed by atoms with van der Waals surface area (Å²) >= 11 is 0. The molecule has 3 aromatic carbocycles. The van der Waals surface area contributed by atoms with Crippen LogP contribution in [0.2, 0.25) is 0 Å². The van der Waals surface area contributed by atoms with Gasteiger partial charge in [-0.25, -0.2) is 8.78 Å². The first-order chi connectivity index (χ1) is 14.1. The van der Waals surface area contributed by atoms with Crippen molar-refractivity contribution in [1.29, 1.82) is 5.26 Å². The van der Waals surface area contributed by atoms with E-state index >= 15 is 4.39 Å². The molecule has 0 amide bonds. The largest absolute Gasteiger partial charge is 0.207 e. The van der Waals surface area contributed by atoms with E-state index in [2.05, 4.69) is 19.1 Å². The number of fused-ring (bicyclic) bond motifs is 3. The van der Waals surface area contributed by atoms with E-state index in [0.717, 1.165) is 47.9 Å². The van der Waals surface area contributed by atoms with Gasteiger partial charge in [0.05, 0.1) is 11.6 Å². The number of nitriles is 1. The van der Waals surface area contributed by atoms with Crippen LogP contribution in [0.4, 0.5) is 8.78 Å². The van der Waals surface area contributed by atoms with Crippen molar-refractivity contribution in [2.45, 2.75) is 45.4 Å². The number of benzene rings is 3. The lowest BCUT2D eigenvalue weighted by Crippen LogP contribution is -2.01. The summed E-state index contributed by atoms with van der Waals surface area (Å²) in [5.74, 6) is -0.797. The maximum absolute atomic E-state index is 15.1. The summed E-state index contributed by atoms with van der Waals surface area (Å²) in [6, 6.07) is 17.0. The van der Waals surface area contributed by atoms with Crippen molar-refractivity contribution >= 4 is 0 Å². The van der Waals surface area contributed by atoms with Gasteiger partial charge in [-0.2, -0.15) is 5.26 Å². The van der Waals surface area contributed by atoms with E-state index in [-0.39, 0.29) is 11.4 Å². The average Bonchev–Trinajstić information content (AvgIpc) is 3.11. The topological polar surface area (TPSA) is 23.8 Å². The van der Waals surface area contributed by atoms with E-state index in [1.54, 1.807) is 12.1 Å². The Balaban J connectivity index is 1.64. The molecule has 1 aliphatic rings. The van der Waals surface area contributed by atoms with E-state index in [1.807, 2.05) is 24.3 Å². The summed E-state index contributed by atoms with van der Waals surface area (Å²) in [6.07, 6.45) is 4.96. The highest BCUT2D eigenvalue weighted by Crippen LogP contribution is 2.41. The molecule has 0 spiro atoms. The maximum Gasteiger partial charge on any atom is 0.133 e. The molecule has 0 bridgehead atoms. The third kappa shape index (κ3) is 3.68. The highest BCUT2D eigenvalue weighted by Gasteiger charge is 2.26. The molecular formula is C26H23F2N. The first kappa shape index (κ1) is 19.3. The molecule has 146 valence electrons. The van der Waals surface area contributed by atoms with Gasteiger partial charge >= 0.3 is 0 Å². The van der Waals surface area contributed by atoms with Crippen LogP contribution in [-0.2, 0) is 12.8 Å². The Morgan fingerprint density at radius 3 is 2.38 bits per heavy atom. The molecule has 4 rings (SSSR count). The van der Waals surface area contributed by atoms with Crippen molar-refractivity contribution in [2.75, 3.05) is 0 Å².